The molecular formula is C15H18ClN3. The Labute approximate surface area is 118 Å². The second-order valence-corrected chi connectivity index (χ2v) is 6.26. The lowest BCUT2D eigenvalue weighted by Crippen LogP contribution is -2.13. The van der Waals surface area contributed by atoms with Crippen LogP contribution in [0.4, 0.5) is 0 Å². The smallest absolute Gasteiger partial charge is 0.110 e. The molecule has 4 heteroatoms. The van der Waals surface area contributed by atoms with Crippen LogP contribution < -0.4 is 5.32 Å². The van der Waals surface area contributed by atoms with Crippen LogP contribution in [-0.2, 0) is 6.42 Å². The van der Waals surface area contributed by atoms with Crippen molar-refractivity contribution < 1.29 is 0 Å². The zero-order chi connectivity index (χ0) is 12.8. The third kappa shape index (κ3) is 2.15. The van der Waals surface area contributed by atoms with Gasteiger partial charge in [-0.25, -0.2) is 4.98 Å². The molecule has 1 aliphatic heterocycles. The summed E-state index contributed by atoms with van der Waals surface area (Å²) in [6.07, 6.45) is 4.94. The van der Waals surface area contributed by atoms with Gasteiger partial charge < -0.3 is 9.88 Å². The van der Waals surface area contributed by atoms with Gasteiger partial charge in [0.05, 0.1) is 11.0 Å². The highest BCUT2D eigenvalue weighted by Gasteiger charge is 2.29. The highest BCUT2D eigenvalue weighted by molar-refractivity contribution is 6.31. The van der Waals surface area contributed by atoms with Crippen LogP contribution in [0.15, 0.2) is 18.2 Å². The molecule has 2 fully saturated rings. The van der Waals surface area contributed by atoms with Gasteiger partial charge in [-0.1, -0.05) is 11.6 Å². The molecule has 1 saturated heterocycles. The molecule has 1 saturated carbocycles. The SMILES string of the molecule is Clc1ccc2nc(CC3CCNC3)n(C3CC3)c2c1. The van der Waals surface area contributed by atoms with E-state index < -0.39 is 0 Å². The van der Waals surface area contributed by atoms with Crippen LogP contribution in [0.1, 0.15) is 31.1 Å². The summed E-state index contributed by atoms with van der Waals surface area (Å²) in [6, 6.07) is 6.72. The van der Waals surface area contributed by atoms with Crippen molar-refractivity contribution >= 4 is 22.6 Å². The summed E-state index contributed by atoms with van der Waals surface area (Å²) in [5, 5.41) is 4.25. The molecule has 1 N–H and O–H groups in total. The zero-order valence-corrected chi connectivity index (χ0v) is 11.7. The van der Waals surface area contributed by atoms with E-state index in [1.165, 1.54) is 30.6 Å². The van der Waals surface area contributed by atoms with Gasteiger partial charge in [0.15, 0.2) is 0 Å². The first kappa shape index (κ1) is 11.7. The van der Waals surface area contributed by atoms with E-state index in [0.717, 1.165) is 36.0 Å². The molecule has 100 valence electrons. The monoisotopic (exact) mass is 275 g/mol. The Morgan fingerprint density at radius 3 is 2.95 bits per heavy atom. The number of nitrogens with one attached hydrogen (secondary N) is 1. The number of nitrogens with zero attached hydrogens (tertiary/aromatic N) is 2. The summed E-state index contributed by atoms with van der Waals surface area (Å²) >= 11 is 6.14. The van der Waals surface area contributed by atoms with Crippen LogP contribution >= 0.6 is 11.6 Å². The van der Waals surface area contributed by atoms with Gasteiger partial charge in [-0.05, 0) is 56.5 Å². The van der Waals surface area contributed by atoms with Gasteiger partial charge in [-0.2, -0.15) is 0 Å². The van der Waals surface area contributed by atoms with Gasteiger partial charge in [-0.3, -0.25) is 0 Å². The fourth-order valence-corrected chi connectivity index (χ4v) is 3.31. The molecule has 0 bridgehead atoms. The third-order valence-electron chi connectivity index (χ3n) is 4.27. The number of benzene rings is 1. The minimum Gasteiger partial charge on any atom is -0.325 e. The average molecular weight is 276 g/mol. The molecule has 0 radical (unpaired) electrons. The molecule has 19 heavy (non-hydrogen) atoms. The molecule has 1 aliphatic carbocycles. The van der Waals surface area contributed by atoms with Crippen molar-refractivity contribution in [2.24, 2.45) is 5.92 Å². The lowest BCUT2D eigenvalue weighted by atomic mass is 10.0. The maximum absolute atomic E-state index is 6.14. The van der Waals surface area contributed by atoms with E-state index in [4.69, 9.17) is 16.6 Å². The van der Waals surface area contributed by atoms with Gasteiger partial charge in [0, 0.05) is 17.5 Å². The fourth-order valence-electron chi connectivity index (χ4n) is 3.15. The summed E-state index contributed by atoms with van der Waals surface area (Å²) in [5.41, 5.74) is 2.31. The highest BCUT2D eigenvalue weighted by atomic mass is 35.5. The van der Waals surface area contributed by atoms with Crippen LogP contribution in [0.25, 0.3) is 11.0 Å². The van der Waals surface area contributed by atoms with Gasteiger partial charge in [0.1, 0.15) is 5.82 Å². The molecule has 0 amide bonds. The zero-order valence-electron chi connectivity index (χ0n) is 10.9. The van der Waals surface area contributed by atoms with Crippen LogP contribution in [0, 0.1) is 5.92 Å². The van der Waals surface area contributed by atoms with Crippen LogP contribution in [0.5, 0.6) is 0 Å². The van der Waals surface area contributed by atoms with E-state index >= 15 is 0 Å². The van der Waals surface area contributed by atoms with Crippen molar-refractivity contribution in [2.75, 3.05) is 13.1 Å². The predicted octanol–water partition coefficient (Wildman–Crippen LogP) is 3.18. The summed E-state index contributed by atoms with van der Waals surface area (Å²) in [7, 11) is 0. The molecule has 4 rings (SSSR count). The Bertz CT molecular complexity index is 609. The second-order valence-electron chi connectivity index (χ2n) is 5.83. The lowest BCUT2D eigenvalue weighted by molar-refractivity contribution is 0.540. The molecule has 2 aromatic rings. The normalized spacial score (nSPS) is 23.3. The van der Waals surface area contributed by atoms with Crippen LogP contribution in [0.2, 0.25) is 5.02 Å². The molecule has 1 atom stereocenters. The van der Waals surface area contributed by atoms with Crippen LogP contribution in [0.3, 0.4) is 0 Å². The van der Waals surface area contributed by atoms with Gasteiger partial charge in [0.25, 0.3) is 0 Å². The summed E-state index contributed by atoms with van der Waals surface area (Å²) in [5.74, 6) is 2.00. The largest absolute Gasteiger partial charge is 0.325 e. The van der Waals surface area contributed by atoms with E-state index in [2.05, 4.69) is 16.0 Å². The number of rotatable bonds is 3. The van der Waals surface area contributed by atoms with E-state index in [-0.39, 0.29) is 0 Å². The first-order valence-electron chi connectivity index (χ1n) is 7.18. The van der Waals surface area contributed by atoms with Crippen molar-refractivity contribution in [2.45, 2.75) is 31.7 Å². The van der Waals surface area contributed by atoms with E-state index in [9.17, 15) is 0 Å². The topological polar surface area (TPSA) is 29.9 Å². The standard InChI is InChI=1S/C15H18ClN3/c16-11-1-4-13-14(8-11)19(12-2-3-12)15(18-13)7-10-5-6-17-9-10/h1,4,8,10,12,17H,2-3,5-7,9H2. The van der Waals surface area contributed by atoms with Crippen molar-refractivity contribution in [1.29, 1.82) is 0 Å². The number of fused-ring (bicyclic) bond motifs is 1. The van der Waals surface area contributed by atoms with Gasteiger partial charge >= 0.3 is 0 Å². The van der Waals surface area contributed by atoms with Crippen molar-refractivity contribution in [3.8, 4) is 0 Å². The van der Waals surface area contributed by atoms with Gasteiger partial charge in [-0.15, -0.1) is 0 Å². The number of hydrogen-bond donors (Lipinski definition) is 1. The predicted molar refractivity (Wildman–Crippen MR) is 77.7 cm³/mol. The first-order valence-corrected chi connectivity index (χ1v) is 7.56. The van der Waals surface area contributed by atoms with Gasteiger partial charge in [0.2, 0.25) is 0 Å². The number of imidazole rings is 1. The Kier molecular flexibility index (Phi) is 2.78. The number of aromatic nitrogens is 2. The minimum atomic E-state index is 0.660. The lowest BCUT2D eigenvalue weighted by Gasteiger charge is -2.11. The summed E-state index contributed by atoms with van der Waals surface area (Å²) < 4.78 is 2.44. The van der Waals surface area contributed by atoms with Crippen molar-refractivity contribution in [3.05, 3.63) is 29.0 Å². The van der Waals surface area contributed by atoms with Crippen molar-refractivity contribution in [1.82, 2.24) is 14.9 Å². The molecule has 2 aliphatic rings. The molecule has 2 heterocycles. The first-order chi connectivity index (χ1) is 9.31. The Morgan fingerprint density at radius 2 is 2.21 bits per heavy atom. The summed E-state index contributed by atoms with van der Waals surface area (Å²) in [4.78, 5) is 4.86. The quantitative estimate of drug-likeness (QED) is 0.932. The third-order valence-corrected chi connectivity index (χ3v) is 4.51. The molecule has 0 spiro atoms. The molecule has 1 aromatic carbocycles. The molecule has 1 unspecified atom stereocenters. The number of hydrogen-bond acceptors (Lipinski definition) is 2. The van der Waals surface area contributed by atoms with Crippen molar-refractivity contribution in [3.63, 3.8) is 0 Å². The Balaban J connectivity index is 1.77. The van der Waals surface area contributed by atoms with E-state index in [1.807, 2.05) is 12.1 Å². The molecule has 1 aromatic heterocycles. The number of halogens is 1. The summed E-state index contributed by atoms with van der Waals surface area (Å²) in [6.45, 7) is 2.29. The van der Waals surface area contributed by atoms with E-state index in [0.29, 0.717) is 6.04 Å². The minimum absolute atomic E-state index is 0.660. The maximum atomic E-state index is 6.14. The second kappa shape index (κ2) is 4.50. The highest BCUT2D eigenvalue weighted by Crippen LogP contribution is 2.39. The maximum Gasteiger partial charge on any atom is 0.110 e. The average Bonchev–Trinajstić information content (AvgIpc) is 2.98. The van der Waals surface area contributed by atoms with E-state index in [1.54, 1.807) is 0 Å². The molecule has 3 nitrogen and oxygen atoms in total. The van der Waals surface area contributed by atoms with Crippen LogP contribution in [-0.4, -0.2) is 22.6 Å². The molecular weight excluding hydrogens is 258 g/mol. The fraction of sp³-hybridized carbons (Fsp3) is 0.533. The Hall–Kier alpha value is -1.06. The Morgan fingerprint density at radius 1 is 1.32 bits per heavy atom.